The van der Waals surface area contributed by atoms with Crippen LogP contribution < -0.4 is 10.1 Å². The van der Waals surface area contributed by atoms with E-state index in [1.54, 1.807) is 0 Å². The minimum absolute atomic E-state index is 0.550. The van der Waals surface area contributed by atoms with Crippen molar-refractivity contribution in [2.45, 2.75) is 39.0 Å². The quantitative estimate of drug-likeness (QED) is 0.567. The summed E-state index contributed by atoms with van der Waals surface area (Å²) in [6.45, 7) is 6.69. The summed E-state index contributed by atoms with van der Waals surface area (Å²) in [7, 11) is 0. The number of halogens is 1. The highest BCUT2D eigenvalue weighted by atomic mass is 35.5. The summed E-state index contributed by atoms with van der Waals surface area (Å²) >= 11 is 5.88. The fourth-order valence-electron chi connectivity index (χ4n) is 2.42. The van der Waals surface area contributed by atoms with Crippen LogP contribution >= 0.6 is 11.6 Å². The first-order valence-corrected chi connectivity index (χ1v) is 8.81. The SMILES string of the molecule is CCCCNCCC(C)c1ccc(Oc2ccc(Cl)cc2)cc1. The second-order valence-electron chi connectivity index (χ2n) is 5.92. The molecule has 23 heavy (non-hydrogen) atoms. The molecule has 0 aliphatic rings. The first-order valence-electron chi connectivity index (χ1n) is 8.43. The van der Waals surface area contributed by atoms with Crippen LogP contribution in [0.4, 0.5) is 0 Å². The molecule has 0 aromatic heterocycles. The van der Waals surface area contributed by atoms with Crippen molar-refractivity contribution in [1.82, 2.24) is 5.32 Å². The molecule has 0 saturated heterocycles. The molecule has 2 nitrogen and oxygen atoms in total. The summed E-state index contributed by atoms with van der Waals surface area (Å²) in [5.41, 5.74) is 1.35. The molecular formula is C20H26ClNO. The van der Waals surface area contributed by atoms with Crippen molar-refractivity contribution in [2.75, 3.05) is 13.1 Å². The maximum atomic E-state index is 5.88. The lowest BCUT2D eigenvalue weighted by Gasteiger charge is -2.13. The molecule has 0 spiro atoms. The molecule has 0 heterocycles. The summed E-state index contributed by atoms with van der Waals surface area (Å²) in [5, 5.41) is 4.22. The molecule has 1 N–H and O–H groups in total. The van der Waals surface area contributed by atoms with Gasteiger partial charge in [-0.2, -0.15) is 0 Å². The largest absolute Gasteiger partial charge is 0.457 e. The van der Waals surface area contributed by atoms with E-state index in [2.05, 4.69) is 31.3 Å². The van der Waals surface area contributed by atoms with Crippen LogP contribution in [0.3, 0.4) is 0 Å². The van der Waals surface area contributed by atoms with Gasteiger partial charge in [0.2, 0.25) is 0 Å². The molecule has 124 valence electrons. The van der Waals surface area contributed by atoms with Gasteiger partial charge in [-0.15, -0.1) is 0 Å². The number of hydrogen-bond donors (Lipinski definition) is 1. The van der Waals surface area contributed by atoms with Gasteiger partial charge in [0.05, 0.1) is 0 Å². The van der Waals surface area contributed by atoms with Crippen molar-refractivity contribution in [3.05, 3.63) is 59.1 Å². The smallest absolute Gasteiger partial charge is 0.127 e. The van der Waals surface area contributed by atoms with E-state index >= 15 is 0 Å². The maximum absolute atomic E-state index is 5.88. The minimum Gasteiger partial charge on any atom is -0.457 e. The van der Waals surface area contributed by atoms with E-state index < -0.39 is 0 Å². The Kier molecular flexibility index (Phi) is 7.44. The number of nitrogens with one attached hydrogen (secondary N) is 1. The Labute approximate surface area is 144 Å². The van der Waals surface area contributed by atoms with Crippen molar-refractivity contribution in [3.8, 4) is 11.5 Å². The highest BCUT2D eigenvalue weighted by Crippen LogP contribution is 2.26. The van der Waals surface area contributed by atoms with Crippen LogP contribution in [0.2, 0.25) is 5.02 Å². The van der Waals surface area contributed by atoms with Gasteiger partial charge in [-0.1, -0.05) is 44.0 Å². The zero-order valence-electron chi connectivity index (χ0n) is 14.0. The molecular weight excluding hydrogens is 306 g/mol. The Morgan fingerprint density at radius 1 is 0.957 bits per heavy atom. The van der Waals surface area contributed by atoms with Gasteiger partial charge in [0, 0.05) is 5.02 Å². The molecule has 0 saturated carbocycles. The molecule has 0 amide bonds. The zero-order chi connectivity index (χ0) is 16.5. The minimum atomic E-state index is 0.550. The van der Waals surface area contributed by atoms with Crippen molar-refractivity contribution in [2.24, 2.45) is 0 Å². The summed E-state index contributed by atoms with van der Waals surface area (Å²) in [6, 6.07) is 15.8. The van der Waals surface area contributed by atoms with Crippen molar-refractivity contribution >= 4 is 11.6 Å². The van der Waals surface area contributed by atoms with Gasteiger partial charge in [0.25, 0.3) is 0 Å². The highest BCUT2D eigenvalue weighted by Gasteiger charge is 2.06. The van der Waals surface area contributed by atoms with E-state index in [4.69, 9.17) is 16.3 Å². The summed E-state index contributed by atoms with van der Waals surface area (Å²) in [5.74, 6) is 2.20. The molecule has 2 aromatic rings. The number of benzene rings is 2. The predicted molar refractivity (Wildman–Crippen MR) is 98.8 cm³/mol. The third kappa shape index (κ3) is 6.25. The summed E-state index contributed by atoms with van der Waals surface area (Å²) < 4.78 is 5.82. The van der Waals surface area contributed by atoms with Gasteiger partial charge in [-0.25, -0.2) is 0 Å². The summed E-state index contributed by atoms with van der Waals surface area (Å²) in [6.07, 6.45) is 3.66. The van der Waals surface area contributed by atoms with Crippen LogP contribution in [0.1, 0.15) is 44.6 Å². The lowest BCUT2D eigenvalue weighted by atomic mass is 9.98. The Hall–Kier alpha value is -1.51. The maximum Gasteiger partial charge on any atom is 0.127 e. The Morgan fingerprint density at radius 2 is 1.57 bits per heavy atom. The molecule has 2 rings (SSSR count). The number of rotatable bonds is 9. The average molecular weight is 332 g/mol. The van der Waals surface area contributed by atoms with Gasteiger partial charge >= 0.3 is 0 Å². The van der Waals surface area contributed by atoms with Crippen LogP contribution in [0, 0.1) is 0 Å². The zero-order valence-corrected chi connectivity index (χ0v) is 14.8. The van der Waals surface area contributed by atoms with Crippen LogP contribution in [-0.4, -0.2) is 13.1 Å². The van der Waals surface area contributed by atoms with Gasteiger partial charge in [-0.3, -0.25) is 0 Å². The molecule has 1 unspecified atom stereocenters. The van der Waals surface area contributed by atoms with Gasteiger partial charge < -0.3 is 10.1 Å². The number of ether oxygens (including phenoxy) is 1. The second kappa shape index (κ2) is 9.59. The first kappa shape index (κ1) is 17.8. The Morgan fingerprint density at radius 3 is 2.17 bits per heavy atom. The average Bonchev–Trinajstić information content (AvgIpc) is 2.57. The monoisotopic (exact) mass is 331 g/mol. The van der Waals surface area contributed by atoms with Gasteiger partial charge in [0.15, 0.2) is 0 Å². The van der Waals surface area contributed by atoms with E-state index in [-0.39, 0.29) is 0 Å². The Bertz CT molecular complexity index is 565. The van der Waals surface area contributed by atoms with Crippen molar-refractivity contribution < 1.29 is 4.74 Å². The van der Waals surface area contributed by atoms with E-state index in [9.17, 15) is 0 Å². The highest BCUT2D eigenvalue weighted by molar-refractivity contribution is 6.30. The Balaban J connectivity index is 1.82. The molecule has 0 radical (unpaired) electrons. The van der Waals surface area contributed by atoms with Crippen molar-refractivity contribution in [1.29, 1.82) is 0 Å². The molecule has 0 aliphatic carbocycles. The van der Waals surface area contributed by atoms with E-state index in [1.807, 2.05) is 36.4 Å². The molecule has 3 heteroatoms. The third-order valence-electron chi connectivity index (χ3n) is 3.96. The summed E-state index contributed by atoms with van der Waals surface area (Å²) in [4.78, 5) is 0. The molecule has 0 aliphatic heterocycles. The standard InChI is InChI=1S/C20H26ClNO/c1-3-4-14-22-15-13-16(2)17-5-9-19(10-6-17)23-20-11-7-18(21)8-12-20/h5-12,16,22H,3-4,13-15H2,1-2H3. The second-order valence-corrected chi connectivity index (χ2v) is 6.35. The number of unbranched alkanes of at least 4 members (excludes halogenated alkanes) is 1. The molecule has 0 bridgehead atoms. The fraction of sp³-hybridized carbons (Fsp3) is 0.400. The third-order valence-corrected chi connectivity index (χ3v) is 4.21. The van der Waals surface area contributed by atoms with E-state index in [1.165, 1.54) is 18.4 Å². The van der Waals surface area contributed by atoms with E-state index in [0.717, 1.165) is 31.0 Å². The van der Waals surface area contributed by atoms with Gasteiger partial charge in [-0.05, 0) is 73.8 Å². The molecule has 2 aromatic carbocycles. The molecule has 1 atom stereocenters. The normalized spacial score (nSPS) is 12.1. The van der Waals surface area contributed by atoms with Crippen molar-refractivity contribution in [3.63, 3.8) is 0 Å². The van der Waals surface area contributed by atoms with Crippen LogP contribution in [0.15, 0.2) is 48.5 Å². The lowest BCUT2D eigenvalue weighted by molar-refractivity contribution is 0.482. The van der Waals surface area contributed by atoms with Crippen LogP contribution in [0.5, 0.6) is 11.5 Å². The topological polar surface area (TPSA) is 21.3 Å². The van der Waals surface area contributed by atoms with Crippen LogP contribution in [-0.2, 0) is 0 Å². The lowest BCUT2D eigenvalue weighted by Crippen LogP contribution is -2.18. The fourth-order valence-corrected chi connectivity index (χ4v) is 2.54. The molecule has 0 fully saturated rings. The first-order chi connectivity index (χ1) is 11.2. The number of hydrogen-bond acceptors (Lipinski definition) is 2. The predicted octanol–water partition coefficient (Wildman–Crippen LogP) is 6.02. The van der Waals surface area contributed by atoms with Crippen LogP contribution in [0.25, 0.3) is 0 Å². The van der Waals surface area contributed by atoms with E-state index in [0.29, 0.717) is 10.9 Å². The van der Waals surface area contributed by atoms with Gasteiger partial charge in [0.1, 0.15) is 11.5 Å².